The number of Topliss-reactive ketones (excluding diaryl/α,β-unsaturated/α-hetero) is 2. The molecule has 0 bridgehead atoms. The third kappa shape index (κ3) is 2.13. The van der Waals surface area contributed by atoms with Crippen LogP contribution in [0.5, 0.6) is 0 Å². The molecule has 0 radical (unpaired) electrons. The van der Waals surface area contributed by atoms with E-state index in [0.29, 0.717) is 32.1 Å². The van der Waals surface area contributed by atoms with E-state index in [9.17, 15) is 14.4 Å². The van der Waals surface area contributed by atoms with Crippen molar-refractivity contribution in [2.75, 3.05) is 0 Å². The number of fused-ring (bicyclic) bond motifs is 1. The standard InChI is InChI=1S/C13H18O4/c1-8(14)17-12-4-3-11(16)10-7-9(15)5-6-13(10,12)2/h10,12H,3-7H2,1-2H3/t10-,12+,13+/m1/s1. The van der Waals surface area contributed by atoms with Crippen LogP contribution in [0, 0.1) is 11.3 Å². The molecule has 0 aliphatic heterocycles. The Kier molecular flexibility index (Phi) is 3.06. The molecule has 2 saturated carbocycles. The van der Waals surface area contributed by atoms with Crippen LogP contribution in [0.1, 0.15) is 46.0 Å². The highest BCUT2D eigenvalue weighted by Crippen LogP contribution is 2.48. The summed E-state index contributed by atoms with van der Waals surface area (Å²) >= 11 is 0. The monoisotopic (exact) mass is 238 g/mol. The van der Waals surface area contributed by atoms with E-state index in [-0.39, 0.29) is 35.0 Å². The lowest BCUT2D eigenvalue weighted by atomic mass is 9.58. The summed E-state index contributed by atoms with van der Waals surface area (Å²) in [5.41, 5.74) is -0.338. The summed E-state index contributed by atoms with van der Waals surface area (Å²) in [7, 11) is 0. The first-order valence-electron chi connectivity index (χ1n) is 6.15. The Labute approximate surface area is 101 Å². The number of ether oxygens (including phenoxy) is 1. The molecule has 2 aliphatic rings. The maximum Gasteiger partial charge on any atom is 0.302 e. The summed E-state index contributed by atoms with van der Waals surface area (Å²) in [5.74, 6) is -0.240. The van der Waals surface area contributed by atoms with Crippen LogP contribution in [-0.2, 0) is 19.1 Å². The van der Waals surface area contributed by atoms with Crippen LogP contribution in [0.3, 0.4) is 0 Å². The van der Waals surface area contributed by atoms with E-state index in [4.69, 9.17) is 4.74 Å². The zero-order valence-electron chi connectivity index (χ0n) is 10.3. The maximum absolute atomic E-state index is 11.9. The predicted octanol–water partition coefficient (Wildman–Crippen LogP) is 1.66. The normalized spacial score (nSPS) is 37.5. The topological polar surface area (TPSA) is 60.4 Å². The molecular formula is C13H18O4. The van der Waals surface area contributed by atoms with Crippen molar-refractivity contribution in [3.63, 3.8) is 0 Å². The number of rotatable bonds is 1. The second-order valence-corrected chi connectivity index (χ2v) is 5.40. The predicted molar refractivity (Wildman–Crippen MR) is 60.3 cm³/mol. The van der Waals surface area contributed by atoms with Gasteiger partial charge in [0, 0.05) is 37.5 Å². The Hall–Kier alpha value is -1.19. The molecule has 3 atom stereocenters. The summed E-state index contributed by atoms with van der Waals surface area (Å²) < 4.78 is 5.34. The number of carbonyl (C=O) groups excluding carboxylic acids is 3. The van der Waals surface area contributed by atoms with Gasteiger partial charge in [0.25, 0.3) is 0 Å². The lowest BCUT2D eigenvalue weighted by Crippen LogP contribution is -2.52. The minimum Gasteiger partial charge on any atom is -0.462 e. The van der Waals surface area contributed by atoms with Gasteiger partial charge in [0.15, 0.2) is 0 Å². The van der Waals surface area contributed by atoms with Crippen LogP contribution < -0.4 is 0 Å². The molecule has 0 heterocycles. The van der Waals surface area contributed by atoms with Gasteiger partial charge < -0.3 is 4.74 Å². The first-order chi connectivity index (χ1) is 7.93. The van der Waals surface area contributed by atoms with Crippen molar-refractivity contribution < 1.29 is 19.1 Å². The minimum absolute atomic E-state index is 0.156. The molecule has 0 saturated heterocycles. The van der Waals surface area contributed by atoms with Gasteiger partial charge >= 0.3 is 5.97 Å². The van der Waals surface area contributed by atoms with Gasteiger partial charge in [-0.25, -0.2) is 0 Å². The smallest absolute Gasteiger partial charge is 0.302 e. The van der Waals surface area contributed by atoms with Crippen molar-refractivity contribution >= 4 is 17.5 Å². The molecule has 4 heteroatoms. The van der Waals surface area contributed by atoms with Gasteiger partial charge in [0.1, 0.15) is 17.7 Å². The maximum atomic E-state index is 11.9. The van der Waals surface area contributed by atoms with Crippen LogP contribution in [0.15, 0.2) is 0 Å². The average Bonchev–Trinajstić information content (AvgIpc) is 2.25. The van der Waals surface area contributed by atoms with Gasteiger partial charge in [-0.15, -0.1) is 0 Å². The number of hydrogen-bond donors (Lipinski definition) is 0. The molecule has 2 aliphatic carbocycles. The summed E-state index contributed by atoms with van der Waals surface area (Å²) in [6.45, 7) is 3.37. The highest BCUT2D eigenvalue weighted by atomic mass is 16.5. The average molecular weight is 238 g/mol. The zero-order chi connectivity index (χ0) is 12.6. The van der Waals surface area contributed by atoms with E-state index in [1.807, 2.05) is 6.92 Å². The molecule has 0 spiro atoms. The number of esters is 1. The van der Waals surface area contributed by atoms with E-state index < -0.39 is 0 Å². The van der Waals surface area contributed by atoms with E-state index in [2.05, 4.69) is 0 Å². The largest absolute Gasteiger partial charge is 0.462 e. The Morgan fingerprint density at radius 2 is 2.06 bits per heavy atom. The van der Waals surface area contributed by atoms with Crippen LogP contribution >= 0.6 is 0 Å². The van der Waals surface area contributed by atoms with Crippen molar-refractivity contribution in [1.29, 1.82) is 0 Å². The van der Waals surface area contributed by atoms with E-state index in [1.165, 1.54) is 6.92 Å². The molecule has 2 rings (SSSR count). The third-order valence-electron chi connectivity index (χ3n) is 4.26. The second-order valence-electron chi connectivity index (χ2n) is 5.40. The van der Waals surface area contributed by atoms with Crippen LogP contribution in [-0.4, -0.2) is 23.6 Å². The Bertz CT molecular complexity index is 374. The lowest BCUT2D eigenvalue weighted by Gasteiger charge is -2.47. The summed E-state index contributed by atoms with van der Waals surface area (Å²) in [4.78, 5) is 34.5. The van der Waals surface area contributed by atoms with E-state index >= 15 is 0 Å². The Morgan fingerprint density at radius 3 is 2.71 bits per heavy atom. The molecule has 0 aromatic heterocycles. The Morgan fingerprint density at radius 1 is 1.35 bits per heavy atom. The summed E-state index contributed by atoms with van der Waals surface area (Å²) in [6.07, 6.45) is 2.28. The second kappa shape index (κ2) is 4.24. The van der Waals surface area contributed by atoms with Crippen LogP contribution in [0.4, 0.5) is 0 Å². The highest BCUT2D eigenvalue weighted by molar-refractivity contribution is 5.90. The number of ketones is 2. The fourth-order valence-corrected chi connectivity index (χ4v) is 3.18. The van der Waals surface area contributed by atoms with Gasteiger partial charge in [-0.1, -0.05) is 6.92 Å². The fraction of sp³-hybridized carbons (Fsp3) is 0.769. The zero-order valence-corrected chi connectivity index (χ0v) is 10.3. The van der Waals surface area contributed by atoms with Crippen molar-refractivity contribution in [3.05, 3.63) is 0 Å². The van der Waals surface area contributed by atoms with Crippen molar-refractivity contribution in [2.45, 2.75) is 52.1 Å². The highest BCUT2D eigenvalue weighted by Gasteiger charge is 2.52. The molecule has 0 N–H and O–H groups in total. The van der Waals surface area contributed by atoms with Crippen molar-refractivity contribution in [2.24, 2.45) is 11.3 Å². The molecule has 17 heavy (non-hydrogen) atoms. The molecule has 2 fully saturated rings. The van der Waals surface area contributed by atoms with Gasteiger partial charge in [-0.3, -0.25) is 14.4 Å². The number of hydrogen-bond acceptors (Lipinski definition) is 4. The molecule has 0 amide bonds. The van der Waals surface area contributed by atoms with Gasteiger partial charge in [-0.05, 0) is 12.8 Å². The number of carbonyl (C=O) groups is 3. The summed E-state index contributed by atoms with van der Waals surface area (Å²) in [5, 5.41) is 0. The molecule has 94 valence electrons. The molecular weight excluding hydrogens is 220 g/mol. The fourth-order valence-electron chi connectivity index (χ4n) is 3.18. The Balaban J connectivity index is 2.24. The van der Waals surface area contributed by atoms with Crippen LogP contribution in [0.25, 0.3) is 0 Å². The summed E-state index contributed by atoms with van der Waals surface area (Å²) in [6, 6.07) is 0. The van der Waals surface area contributed by atoms with E-state index in [0.717, 1.165) is 0 Å². The SMILES string of the molecule is CC(=O)O[C@H]1CCC(=O)[C@H]2CC(=O)CC[C@]12C. The molecule has 4 nitrogen and oxygen atoms in total. The quantitative estimate of drug-likeness (QED) is 0.652. The van der Waals surface area contributed by atoms with Crippen molar-refractivity contribution in [3.8, 4) is 0 Å². The molecule has 0 unspecified atom stereocenters. The van der Waals surface area contributed by atoms with Gasteiger partial charge in [-0.2, -0.15) is 0 Å². The first kappa shape index (κ1) is 12.3. The first-order valence-corrected chi connectivity index (χ1v) is 6.15. The molecule has 0 aromatic carbocycles. The van der Waals surface area contributed by atoms with Crippen LogP contribution in [0.2, 0.25) is 0 Å². The van der Waals surface area contributed by atoms with Gasteiger partial charge in [0.05, 0.1) is 0 Å². The van der Waals surface area contributed by atoms with Crippen molar-refractivity contribution in [1.82, 2.24) is 0 Å². The minimum atomic E-state index is -0.338. The lowest BCUT2D eigenvalue weighted by molar-refractivity contribution is -0.169. The molecule has 0 aromatic rings. The van der Waals surface area contributed by atoms with Gasteiger partial charge in [0.2, 0.25) is 0 Å². The van der Waals surface area contributed by atoms with E-state index in [1.54, 1.807) is 0 Å². The third-order valence-corrected chi connectivity index (χ3v) is 4.26.